The Morgan fingerprint density at radius 3 is 2.59 bits per heavy atom. The van der Waals surface area contributed by atoms with Gasteiger partial charge in [0.15, 0.2) is 11.5 Å². The first-order valence-electron chi connectivity index (χ1n) is 12.0. The zero-order valence-electron chi connectivity index (χ0n) is 21.5. The molecule has 0 bridgehead atoms. The topological polar surface area (TPSA) is 65.7 Å². The molecule has 0 fully saturated rings. The van der Waals surface area contributed by atoms with Gasteiger partial charge in [0.25, 0.3) is 5.56 Å². The third-order valence-corrected chi connectivity index (χ3v) is 6.37. The number of hydrogen-bond acceptors (Lipinski definition) is 5. The zero-order chi connectivity index (χ0) is 26.7. The molecule has 4 rings (SSSR count). The highest BCUT2D eigenvalue weighted by atomic mass is 79.9. The van der Waals surface area contributed by atoms with Crippen molar-refractivity contribution in [2.45, 2.75) is 46.6 Å². The average Bonchev–Trinajstić information content (AvgIpc) is 2.83. The van der Waals surface area contributed by atoms with E-state index < -0.39 is 5.41 Å². The third kappa shape index (κ3) is 6.22. The molecule has 0 unspecified atom stereocenters. The maximum absolute atomic E-state index is 13.4. The van der Waals surface area contributed by atoms with Crippen molar-refractivity contribution >= 4 is 44.6 Å². The fourth-order valence-electron chi connectivity index (χ4n) is 3.89. The molecular weight excluding hydrogens is 554 g/mol. The largest absolute Gasteiger partial charge is 0.490 e. The summed E-state index contributed by atoms with van der Waals surface area (Å²) in [4.78, 5) is 18.2. The molecular formula is C29H29BrClN3O3. The molecule has 192 valence electrons. The predicted octanol–water partition coefficient (Wildman–Crippen LogP) is 7.28. The lowest BCUT2D eigenvalue weighted by atomic mass is 9.95. The van der Waals surface area contributed by atoms with Crippen LogP contribution in [0.2, 0.25) is 5.02 Å². The molecule has 0 spiro atoms. The molecule has 0 atom stereocenters. The fourth-order valence-corrected chi connectivity index (χ4v) is 4.52. The van der Waals surface area contributed by atoms with Crippen molar-refractivity contribution in [3.63, 3.8) is 0 Å². The summed E-state index contributed by atoms with van der Waals surface area (Å²) in [6.07, 6.45) is 1.58. The van der Waals surface area contributed by atoms with Gasteiger partial charge in [-0.1, -0.05) is 78.1 Å². The number of hydrogen-bond donors (Lipinski definition) is 0. The van der Waals surface area contributed by atoms with E-state index in [1.54, 1.807) is 24.4 Å². The summed E-state index contributed by atoms with van der Waals surface area (Å²) in [5.74, 6) is 1.53. The predicted molar refractivity (Wildman–Crippen MR) is 154 cm³/mol. The van der Waals surface area contributed by atoms with Gasteiger partial charge in [0, 0.05) is 9.89 Å². The van der Waals surface area contributed by atoms with Gasteiger partial charge in [-0.25, -0.2) is 4.98 Å². The van der Waals surface area contributed by atoms with Crippen molar-refractivity contribution in [1.29, 1.82) is 0 Å². The van der Waals surface area contributed by atoms with E-state index in [-0.39, 0.29) is 5.56 Å². The highest BCUT2D eigenvalue weighted by Crippen LogP contribution is 2.37. The van der Waals surface area contributed by atoms with Crippen molar-refractivity contribution in [2.75, 3.05) is 6.61 Å². The first-order chi connectivity index (χ1) is 17.6. The molecule has 0 aliphatic carbocycles. The summed E-state index contributed by atoms with van der Waals surface area (Å²) >= 11 is 10.1. The summed E-state index contributed by atoms with van der Waals surface area (Å²) < 4.78 is 14.0. The Morgan fingerprint density at radius 2 is 1.89 bits per heavy atom. The minimum atomic E-state index is -0.417. The molecule has 3 aromatic carbocycles. The minimum Gasteiger partial charge on any atom is -0.490 e. The lowest BCUT2D eigenvalue weighted by molar-refractivity contribution is 0.269. The summed E-state index contributed by atoms with van der Waals surface area (Å²) in [6.45, 7) is 10.7. The van der Waals surface area contributed by atoms with E-state index in [1.807, 2.05) is 65.0 Å². The van der Waals surface area contributed by atoms with Crippen LogP contribution in [0.15, 0.2) is 69.0 Å². The molecule has 1 aromatic heterocycles. The first kappa shape index (κ1) is 26.9. The number of rotatable bonds is 7. The van der Waals surface area contributed by atoms with E-state index in [0.717, 1.165) is 15.6 Å². The molecule has 0 N–H and O–H groups in total. The average molecular weight is 583 g/mol. The van der Waals surface area contributed by atoms with Gasteiger partial charge in [-0.3, -0.25) is 4.79 Å². The molecule has 4 aromatic rings. The lowest BCUT2D eigenvalue weighted by Crippen LogP contribution is -2.29. The Morgan fingerprint density at radius 1 is 1.11 bits per heavy atom. The Hall–Kier alpha value is -3.16. The maximum atomic E-state index is 13.4. The number of aromatic nitrogens is 2. The van der Waals surface area contributed by atoms with E-state index in [4.69, 9.17) is 26.1 Å². The van der Waals surface area contributed by atoms with Gasteiger partial charge in [-0.15, -0.1) is 0 Å². The van der Waals surface area contributed by atoms with Crippen LogP contribution in [0, 0.1) is 6.92 Å². The van der Waals surface area contributed by atoms with Crippen LogP contribution in [0.3, 0.4) is 0 Å². The molecule has 0 aliphatic heterocycles. The van der Waals surface area contributed by atoms with E-state index in [2.05, 4.69) is 27.1 Å². The van der Waals surface area contributed by atoms with Gasteiger partial charge in [0.05, 0.1) is 28.7 Å². The van der Waals surface area contributed by atoms with Gasteiger partial charge in [-0.05, 0) is 55.3 Å². The second-order valence-corrected chi connectivity index (χ2v) is 11.1. The van der Waals surface area contributed by atoms with Crippen molar-refractivity contribution in [1.82, 2.24) is 9.66 Å². The first-order valence-corrected chi connectivity index (χ1v) is 13.2. The summed E-state index contributed by atoms with van der Waals surface area (Å²) in [7, 11) is 0. The summed E-state index contributed by atoms with van der Waals surface area (Å²) in [5.41, 5.74) is 2.82. The number of aryl methyl sites for hydroxylation is 1. The van der Waals surface area contributed by atoms with Crippen molar-refractivity contribution in [2.24, 2.45) is 5.10 Å². The highest BCUT2D eigenvalue weighted by Gasteiger charge is 2.23. The number of fused-ring (bicyclic) bond motifs is 1. The maximum Gasteiger partial charge on any atom is 0.282 e. The molecule has 8 heteroatoms. The van der Waals surface area contributed by atoms with Crippen LogP contribution in [-0.4, -0.2) is 22.5 Å². The normalized spacial score (nSPS) is 11.9. The van der Waals surface area contributed by atoms with Gasteiger partial charge >= 0.3 is 0 Å². The van der Waals surface area contributed by atoms with Crippen LogP contribution in [-0.2, 0) is 12.0 Å². The van der Waals surface area contributed by atoms with E-state index in [0.29, 0.717) is 52.0 Å². The Bertz CT molecular complexity index is 1540. The van der Waals surface area contributed by atoms with Crippen molar-refractivity contribution < 1.29 is 9.47 Å². The van der Waals surface area contributed by atoms with Crippen LogP contribution in [0.5, 0.6) is 11.5 Å². The minimum absolute atomic E-state index is 0.248. The number of halogens is 2. The zero-order valence-corrected chi connectivity index (χ0v) is 23.9. The number of ether oxygens (including phenoxy) is 2. The van der Waals surface area contributed by atoms with Crippen LogP contribution in [0.25, 0.3) is 10.9 Å². The van der Waals surface area contributed by atoms with Crippen molar-refractivity contribution in [3.05, 3.63) is 97.0 Å². The van der Waals surface area contributed by atoms with Crippen LogP contribution in [0.1, 0.15) is 50.2 Å². The molecule has 0 saturated carbocycles. The van der Waals surface area contributed by atoms with Gasteiger partial charge in [0.1, 0.15) is 12.4 Å². The third-order valence-electron chi connectivity index (χ3n) is 5.60. The van der Waals surface area contributed by atoms with Crippen LogP contribution >= 0.6 is 27.5 Å². The molecule has 1 heterocycles. The quantitative estimate of drug-likeness (QED) is 0.215. The second-order valence-electron chi connectivity index (χ2n) is 9.75. The second kappa shape index (κ2) is 11.1. The highest BCUT2D eigenvalue weighted by molar-refractivity contribution is 9.10. The molecule has 0 saturated heterocycles. The molecule has 0 amide bonds. The van der Waals surface area contributed by atoms with Crippen LogP contribution < -0.4 is 15.0 Å². The molecule has 0 aliphatic rings. The Kier molecular flexibility index (Phi) is 8.05. The van der Waals surface area contributed by atoms with Gasteiger partial charge in [-0.2, -0.15) is 9.78 Å². The molecule has 37 heavy (non-hydrogen) atoms. The molecule has 0 radical (unpaired) electrons. The van der Waals surface area contributed by atoms with E-state index >= 15 is 0 Å². The standard InChI is InChI=1S/C29H29BrClN3O3/c1-6-36-25-14-20(13-23(31)26(25)37-17-19-9-7-8-18(2)12-19)16-32-34-27(35)22-15-21(30)10-11-24(22)33-28(34)29(3,4)5/h7-16H,6,17H2,1-5H3. The number of benzene rings is 3. The monoisotopic (exact) mass is 581 g/mol. The fraction of sp³-hybridized carbons (Fsp3) is 0.276. The van der Waals surface area contributed by atoms with Crippen molar-refractivity contribution in [3.8, 4) is 11.5 Å². The van der Waals surface area contributed by atoms with E-state index in [9.17, 15) is 4.79 Å². The smallest absolute Gasteiger partial charge is 0.282 e. The molecule has 6 nitrogen and oxygen atoms in total. The SMILES string of the molecule is CCOc1cc(C=Nn2c(C(C)(C)C)nc3ccc(Br)cc3c2=O)cc(Cl)c1OCc1cccc(C)c1. The lowest BCUT2D eigenvalue weighted by Gasteiger charge is -2.21. The van der Waals surface area contributed by atoms with Crippen LogP contribution in [0.4, 0.5) is 0 Å². The van der Waals surface area contributed by atoms with Gasteiger partial charge < -0.3 is 9.47 Å². The Labute approximate surface area is 230 Å². The Balaban J connectivity index is 1.73. The summed E-state index contributed by atoms with van der Waals surface area (Å²) in [6, 6.07) is 17.1. The van der Waals surface area contributed by atoms with E-state index in [1.165, 1.54) is 4.68 Å². The van der Waals surface area contributed by atoms with Gasteiger partial charge in [0.2, 0.25) is 0 Å². The number of nitrogens with zero attached hydrogens (tertiary/aromatic N) is 3. The summed E-state index contributed by atoms with van der Waals surface area (Å²) in [5, 5.41) is 5.42.